The largest absolute Gasteiger partial charge is 0.370 e. The molecule has 0 spiro atoms. The van der Waals surface area contributed by atoms with Gasteiger partial charge in [0.15, 0.2) is 5.96 Å². The molecule has 0 bridgehead atoms. The predicted octanol–water partition coefficient (Wildman–Crippen LogP) is 0.974. The molecule has 0 atom stereocenters. The molecule has 1 fully saturated rings. The van der Waals surface area contributed by atoms with Crippen LogP contribution in [0.25, 0.3) is 0 Å². The van der Waals surface area contributed by atoms with Crippen LogP contribution in [-0.2, 0) is 6.42 Å². The van der Waals surface area contributed by atoms with Crippen molar-refractivity contribution >= 4 is 5.96 Å². The standard InChI is InChI=1S/C12H22N6/c13-12(17-10-5-2-1-3-6-10)14-8-4-7-11-15-9-16-18-11/h9-10H,1-8H2,(H3,13,14,17)(H,15,16,18). The van der Waals surface area contributed by atoms with Gasteiger partial charge in [-0.1, -0.05) is 19.3 Å². The van der Waals surface area contributed by atoms with Gasteiger partial charge in [0, 0.05) is 19.0 Å². The van der Waals surface area contributed by atoms with Gasteiger partial charge in [0.2, 0.25) is 0 Å². The van der Waals surface area contributed by atoms with Crippen LogP contribution < -0.4 is 11.1 Å². The summed E-state index contributed by atoms with van der Waals surface area (Å²) in [6.07, 6.45) is 9.71. The first-order valence-corrected chi connectivity index (χ1v) is 6.75. The number of rotatable bonds is 5. The number of nitrogens with two attached hydrogens (primary N) is 1. The highest BCUT2D eigenvalue weighted by Gasteiger charge is 2.12. The van der Waals surface area contributed by atoms with Crippen molar-refractivity contribution in [2.75, 3.05) is 6.54 Å². The summed E-state index contributed by atoms with van der Waals surface area (Å²) in [5.74, 6) is 1.49. The average Bonchev–Trinajstić information content (AvgIpc) is 2.89. The van der Waals surface area contributed by atoms with E-state index in [1.54, 1.807) is 0 Å². The Balaban J connectivity index is 1.62. The van der Waals surface area contributed by atoms with Gasteiger partial charge in [-0.25, -0.2) is 4.98 Å². The number of guanidine groups is 1. The fourth-order valence-corrected chi connectivity index (χ4v) is 2.30. The first kappa shape index (κ1) is 12.9. The smallest absolute Gasteiger partial charge is 0.188 e. The second kappa shape index (κ2) is 6.98. The summed E-state index contributed by atoms with van der Waals surface area (Å²) in [7, 11) is 0. The van der Waals surface area contributed by atoms with Gasteiger partial charge in [-0.15, -0.1) is 0 Å². The summed E-state index contributed by atoms with van der Waals surface area (Å²) in [5.41, 5.74) is 5.87. The molecule has 0 amide bonds. The molecule has 4 N–H and O–H groups in total. The van der Waals surface area contributed by atoms with Gasteiger partial charge in [-0.05, 0) is 19.3 Å². The molecular weight excluding hydrogens is 228 g/mol. The van der Waals surface area contributed by atoms with Crippen molar-refractivity contribution in [2.45, 2.75) is 51.0 Å². The van der Waals surface area contributed by atoms with E-state index < -0.39 is 0 Å². The topological polar surface area (TPSA) is 92.0 Å². The van der Waals surface area contributed by atoms with Crippen LogP contribution in [0.15, 0.2) is 11.3 Å². The molecule has 0 aromatic carbocycles. The lowest BCUT2D eigenvalue weighted by Crippen LogP contribution is -2.41. The van der Waals surface area contributed by atoms with Crippen molar-refractivity contribution in [1.82, 2.24) is 20.5 Å². The fourth-order valence-electron chi connectivity index (χ4n) is 2.30. The predicted molar refractivity (Wildman–Crippen MR) is 71.2 cm³/mol. The molecule has 0 unspecified atom stereocenters. The molecule has 6 nitrogen and oxygen atoms in total. The van der Waals surface area contributed by atoms with Crippen LogP contribution in [0.1, 0.15) is 44.3 Å². The van der Waals surface area contributed by atoms with Crippen LogP contribution in [0.3, 0.4) is 0 Å². The summed E-state index contributed by atoms with van der Waals surface area (Å²) in [6.45, 7) is 0.728. The second-order valence-electron chi connectivity index (χ2n) is 4.78. The van der Waals surface area contributed by atoms with Gasteiger partial charge < -0.3 is 11.1 Å². The van der Waals surface area contributed by atoms with Gasteiger partial charge >= 0.3 is 0 Å². The monoisotopic (exact) mass is 250 g/mol. The molecular formula is C12H22N6. The van der Waals surface area contributed by atoms with Gasteiger partial charge in [0.25, 0.3) is 0 Å². The SMILES string of the molecule is NC(=NCCCc1ncn[nH]1)NC1CCCCC1. The Hall–Kier alpha value is -1.59. The van der Waals surface area contributed by atoms with Crippen LogP contribution in [0.2, 0.25) is 0 Å². The van der Waals surface area contributed by atoms with Crippen LogP contribution in [0.5, 0.6) is 0 Å². The highest BCUT2D eigenvalue weighted by atomic mass is 15.2. The Morgan fingerprint density at radius 1 is 1.44 bits per heavy atom. The summed E-state index contributed by atoms with van der Waals surface area (Å²) in [4.78, 5) is 8.40. The molecule has 100 valence electrons. The van der Waals surface area contributed by atoms with E-state index in [1.807, 2.05) is 0 Å². The number of hydrogen-bond acceptors (Lipinski definition) is 3. The molecule has 0 saturated heterocycles. The number of aliphatic imine (C=N–C) groups is 1. The van der Waals surface area contributed by atoms with Crippen LogP contribution in [0.4, 0.5) is 0 Å². The van der Waals surface area contributed by atoms with Crippen molar-refractivity contribution in [3.8, 4) is 0 Å². The van der Waals surface area contributed by atoms with E-state index in [4.69, 9.17) is 5.73 Å². The summed E-state index contributed by atoms with van der Waals surface area (Å²) in [6, 6.07) is 0.525. The number of H-pyrrole nitrogens is 1. The van der Waals surface area contributed by atoms with Gasteiger partial charge in [0.1, 0.15) is 12.2 Å². The maximum Gasteiger partial charge on any atom is 0.188 e. The molecule has 1 heterocycles. The third-order valence-electron chi connectivity index (χ3n) is 3.28. The zero-order valence-corrected chi connectivity index (χ0v) is 10.7. The number of nitrogens with zero attached hydrogens (tertiary/aromatic N) is 3. The van der Waals surface area contributed by atoms with E-state index in [1.165, 1.54) is 38.4 Å². The van der Waals surface area contributed by atoms with Crippen molar-refractivity contribution in [3.05, 3.63) is 12.2 Å². The minimum atomic E-state index is 0.525. The maximum absolute atomic E-state index is 5.87. The minimum Gasteiger partial charge on any atom is -0.370 e. The van der Waals surface area contributed by atoms with E-state index in [-0.39, 0.29) is 0 Å². The van der Waals surface area contributed by atoms with Gasteiger partial charge in [0.05, 0.1) is 0 Å². The lowest BCUT2D eigenvalue weighted by Gasteiger charge is -2.23. The Morgan fingerprint density at radius 2 is 2.28 bits per heavy atom. The number of aromatic nitrogens is 3. The summed E-state index contributed by atoms with van der Waals surface area (Å²) < 4.78 is 0. The second-order valence-corrected chi connectivity index (χ2v) is 4.78. The average molecular weight is 250 g/mol. The quantitative estimate of drug-likeness (QED) is 0.412. The molecule has 0 aliphatic heterocycles. The molecule has 1 aliphatic carbocycles. The van der Waals surface area contributed by atoms with E-state index in [0.717, 1.165) is 25.2 Å². The Kier molecular flexibility index (Phi) is 4.99. The van der Waals surface area contributed by atoms with Crippen molar-refractivity contribution in [2.24, 2.45) is 10.7 Å². The van der Waals surface area contributed by atoms with Crippen LogP contribution in [-0.4, -0.2) is 33.7 Å². The Morgan fingerprint density at radius 3 is 3.00 bits per heavy atom. The Bertz CT molecular complexity index is 353. The number of aromatic amines is 1. The number of aryl methyl sites for hydroxylation is 1. The normalized spacial score (nSPS) is 17.9. The highest BCUT2D eigenvalue weighted by Crippen LogP contribution is 2.16. The fraction of sp³-hybridized carbons (Fsp3) is 0.750. The van der Waals surface area contributed by atoms with Crippen molar-refractivity contribution < 1.29 is 0 Å². The summed E-state index contributed by atoms with van der Waals surface area (Å²) >= 11 is 0. The van der Waals surface area contributed by atoms with Gasteiger partial charge in [-0.3, -0.25) is 10.1 Å². The van der Waals surface area contributed by atoms with E-state index in [0.29, 0.717) is 12.0 Å². The van der Waals surface area contributed by atoms with E-state index in [2.05, 4.69) is 25.5 Å². The molecule has 1 aromatic rings. The number of hydrogen-bond donors (Lipinski definition) is 3. The molecule has 1 saturated carbocycles. The third kappa shape index (κ3) is 4.35. The first-order valence-electron chi connectivity index (χ1n) is 6.75. The van der Waals surface area contributed by atoms with Crippen molar-refractivity contribution in [3.63, 3.8) is 0 Å². The highest BCUT2D eigenvalue weighted by molar-refractivity contribution is 5.78. The first-order chi connectivity index (χ1) is 8.84. The van der Waals surface area contributed by atoms with Crippen LogP contribution >= 0.6 is 0 Å². The molecule has 2 rings (SSSR count). The molecule has 6 heteroatoms. The molecule has 1 aromatic heterocycles. The van der Waals surface area contributed by atoms with Crippen LogP contribution in [0, 0.1) is 0 Å². The third-order valence-corrected chi connectivity index (χ3v) is 3.28. The lowest BCUT2D eigenvalue weighted by molar-refractivity contribution is 0.412. The molecule has 1 aliphatic rings. The zero-order chi connectivity index (χ0) is 12.6. The minimum absolute atomic E-state index is 0.525. The number of nitrogens with one attached hydrogen (secondary N) is 2. The van der Waals surface area contributed by atoms with E-state index >= 15 is 0 Å². The molecule has 0 radical (unpaired) electrons. The summed E-state index contributed by atoms with van der Waals surface area (Å²) in [5, 5.41) is 9.94. The van der Waals surface area contributed by atoms with Gasteiger partial charge in [-0.2, -0.15) is 5.10 Å². The lowest BCUT2D eigenvalue weighted by atomic mass is 9.96. The Labute approximate surface area is 107 Å². The zero-order valence-electron chi connectivity index (χ0n) is 10.7. The maximum atomic E-state index is 5.87. The van der Waals surface area contributed by atoms with E-state index in [9.17, 15) is 0 Å². The van der Waals surface area contributed by atoms with Crippen molar-refractivity contribution in [1.29, 1.82) is 0 Å². The molecule has 18 heavy (non-hydrogen) atoms.